The van der Waals surface area contributed by atoms with Crippen LogP contribution in [0.4, 0.5) is 0 Å². The zero-order valence-corrected chi connectivity index (χ0v) is 32.9. The van der Waals surface area contributed by atoms with Crippen LogP contribution in [0.2, 0.25) is 0 Å². The van der Waals surface area contributed by atoms with E-state index in [0.717, 1.165) is 0 Å². The molecular formula is C44H44Cl2OZr. The van der Waals surface area contributed by atoms with Gasteiger partial charge in [0, 0.05) is 0 Å². The van der Waals surface area contributed by atoms with Gasteiger partial charge >= 0.3 is 284 Å². The number of hydrogen-bond acceptors (Lipinski definition) is 1. The van der Waals surface area contributed by atoms with Gasteiger partial charge in [-0.2, -0.15) is 0 Å². The number of furan rings is 1. The molecule has 2 aliphatic rings. The summed E-state index contributed by atoms with van der Waals surface area (Å²) in [4.78, 5) is 0. The van der Waals surface area contributed by atoms with E-state index in [9.17, 15) is 0 Å². The summed E-state index contributed by atoms with van der Waals surface area (Å²) in [5, 5.41) is 0. The fraction of sp³-hybridized carbons (Fsp3) is 0.250. The standard InChI is InChI=1S/C21H25.C13H10.C10H9O.2ClH.Zr/c1-20(2,3)16-7-9-18-14(12-16)11-15-13-17(21(4,5)6)8-10-19(15)18;1-3-7-12(8-4-1)11-13-9-5-2-6-10-13;1-8-2-3-9(6-8)10-4-5-11-7-10;;;/h7-13H,1-6H3;1-10H;2-5,7-8H,1H3;2*1H;/q;;;;;+2/p-2. The Kier molecular flexibility index (Phi) is 10.6. The van der Waals surface area contributed by atoms with Gasteiger partial charge in [0.25, 0.3) is 0 Å². The first-order valence-corrected chi connectivity index (χ1v) is 20.5. The second kappa shape index (κ2) is 14.1. The van der Waals surface area contributed by atoms with Gasteiger partial charge in [0.2, 0.25) is 0 Å². The smallest absolute Gasteiger partial charge is 1.00 e. The van der Waals surface area contributed by atoms with Gasteiger partial charge in [0.1, 0.15) is 0 Å². The van der Waals surface area contributed by atoms with Crippen LogP contribution in [0.5, 0.6) is 0 Å². The molecule has 4 aromatic carbocycles. The van der Waals surface area contributed by atoms with E-state index in [1.54, 1.807) is 6.49 Å². The minimum Gasteiger partial charge on any atom is -1.00 e. The molecule has 5 aromatic rings. The Labute approximate surface area is 307 Å². The van der Waals surface area contributed by atoms with Crippen molar-refractivity contribution in [2.75, 3.05) is 0 Å². The summed E-state index contributed by atoms with van der Waals surface area (Å²) in [6, 6.07) is 39.5. The average Bonchev–Trinajstić information content (AvgIpc) is 3.77. The van der Waals surface area contributed by atoms with Crippen LogP contribution in [0.1, 0.15) is 91.0 Å². The number of rotatable bonds is 5. The summed E-state index contributed by atoms with van der Waals surface area (Å²) in [6.07, 6.45) is 8.58. The Bertz CT molecular complexity index is 1900. The molecule has 1 unspecified atom stereocenters. The molecule has 1 aromatic heterocycles. The monoisotopic (exact) mass is 748 g/mol. The molecule has 0 bridgehead atoms. The molecular weight excluding hydrogens is 707 g/mol. The van der Waals surface area contributed by atoms with E-state index in [0.29, 0.717) is 9.54 Å². The zero-order valence-electron chi connectivity index (χ0n) is 28.9. The molecule has 0 saturated carbocycles. The van der Waals surface area contributed by atoms with Crippen molar-refractivity contribution < 1.29 is 50.5 Å². The summed E-state index contributed by atoms with van der Waals surface area (Å²) in [6.45, 7) is 16.5. The van der Waals surface area contributed by atoms with Gasteiger partial charge in [-0.05, 0) is 0 Å². The minimum absolute atomic E-state index is 0. The van der Waals surface area contributed by atoms with Crippen LogP contribution in [0.15, 0.2) is 136 Å². The summed E-state index contributed by atoms with van der Waals surface area (Å²) >= 11 is -3.00. The van der Waals surface area contributed by atoms with Crippen molar-refractivity contribution in [3.63, 3.8) is 0 Å². The van der Waals surface area contributed by atoms with Crippen LogP contribution >= 0.6 is 0 Å². The molecule has 0 saturated heterocycles. The van der Waals surface area contributed by atoms with Crippen LogP contribution in [0, 0.1) is 5.92 Å². The van der Waals surface area contributed by atoms with Gasteiger partial charge in [-0.1, -0.05) is 0 Å². The maximum atomic E-state index is 5.71. The van der Waals surface area contributed by atoms with Crippen molar-refractivity contribution in [1.29, 1.82) is 0 Å². The van der Waals surface area contributed by atoms with E-state index >= 15 is 0 Å². The molecule has 244 valence electrons. The molecule has 48 heavy (non-hydrogen) atoms. The number of fused-ring (bicyclic) bond motifs is 3. The van der Waals surface area contributed by atoms with Crippen LogP contribution in [-0.2, 0) is 32.1 Å². The van der Waals surface area contributed by atoms with Gasteiger partial charge in [-0.15, -0.1) is 0 Å². The van der Waals surface area contributed by atoms with Crippen molar-refractivity contribution in [1.82, 2.24) is 0 Å². The number of hydrogen-bond donors (Lipinski definition) is 0. The third-order valence-electron chi connectivity index (χ3n) is 9.85. The Morgan fingerprint density at radius 1 is 0.646 bits per heavy atom. The first-order valence-electron chi connectivity index (χ1n) is 16.6. The van der Waals surface area contributed by atoms with E-state index < -0.39 is 21.3 Å². The van der Waals surface area contributed by atoms with Gasteiger partial charge in [0.15, 0.2) is 0 Å². The van der Waals surface area contributed by atoms with Crippen LogP contribution in [0.3, 0.4) is 0 Å². The maximum Gasteiger partial charge on any atom is -1.00 e. The Morgan fingerprint density at radius 3 is 1.58 bits per heavy atom. The summed E-state index contributed by atoms with van der Waals surface area (Å²) in [5.41, 5.74) is 14.1. The molecule has 4 heteroatoms. The Balaban J connectivity index is 0.00000225. The van der Waals surface area contributed by atoms with E-state index in [2.05, 4.69) is 164 Å². The van der Waals surface area contributed by atoms with Gasteiger partial charge in [-0.3, -0.25) is 0 Å². The van der Waals surface area contributed by atoms with Gasteiger partial charge < -0.3 is 24.8 Å². The van der Waals surface area contributed by atoms with Gasteiger partial charge in [-0.25, -0.2) is 0 Å². The minimum atomic E-state index is -3.00. The van der Waals surface area contributed by atoms with Crippen molar-refractivity contribution in [3.8, 4) is 11.1 Å². The Morgan fingerprint density at radius 2 is 1.15 bits per heavy atom. The molecule has 0 spiro atoms. The summed E-state index contributed by atoms with van der Waals surface area (Å²) in [7, 11) is 0. The molecule has 1 atom stereocenters. The normalized spacial score (nSPS) is 15.2. The predicted molar refractivity (Wildman–Crippen MR) is 191 cm³/mol. The quantitative estimate of drug-likeness (QED) is 0.233. The first kappa shape index (κ1) is 36.3. The summed E-state index contributed by atoms with van der Waals surface area (Å²) < 4.78 is 9.26. The second-order valence-electron chi connectivity index (χ2n) is 15.0. The van der Waals surface area contributed by atoms with Crippen molar-refractivity contribution in [3.05, 3.63) is 170 Å². The second-order valence-corrected chi connectivity index (χ2v) is 21.1. The molecule has 1 nitrogen and oxygen atoms in total. The topological polar surface area (TPSA) is 13.1 Å². The molecule has 2 aliphatic carbocycles. The van der Waals surface area contributed by atoms with Gasteiger partial charge in [0.05, 0.1) is 0 Å². The SMILES string of the molecule is CC1C=CC(c2ccoc2)=[C]1[Zr+2](=[C](c1ccccc1)c1ccccc1)[CH]1c2cc(C(C)(C)C)ccc2-c2ccc(C(C)(C)C)cc21.[Cl-].[Cl-]. The largest absolute Gasteiger partial charge is 1.00 e. The van der Waals surface area contributed by atoms with Crippen molar-refractivity contribution in [2.45, 2.75) is 62.9 Å². The molecule has 0 aliphatic heterocycles. The van der Waals surface area contributed by atoms with E-state index in [1.165, 1.54) is 55.6 Å². The molecule has 0 N–H and O–H groups in total. The van der Waals surface area contributed by atoms with Crippen molar-refractivity contribution in [2.24, 2.45) is 5.92 Å². The zero-order chi connectivity index (χ0) is 32.2. The van der Waals surface area contributed by atoms with Crippen molar-refractivity contribution >= 4 is 8.78 Å². The first-order chi connectivity index (χ1) is 22.0. The van der Waals surface area contributed by atoms with E-state index in [4.69, 9.17) is 4.42 Å². The molecule has 0 fully saturated rings. The fourth-order valence-electron chi connectivity index (χ4n) is 7.36. The van der Waals surface area contributed by atoms with E-state index in [1.807, 2.05) is 12.5 Å². The van der Waals surface area contributed by atoms with E-state index in [-0.39, 0.29) is 35.6 Å². The third-order valence-corrected chi connectivity index (χ3v) is 18.7. The molecule has 7 rings (SSSR count). The third kappa shape index (κ3) is 6.62. The fourth-order valence-corrected chi connectivity index (χ4v) is 17.3. The Hall–Kier alpha value is -3.03. The average molecular weight is 751 g/mol. The predicted octanol–water partition coefficient (Wildman–Crippen LogP) is 5.46. The molecule has 0 amide bonds. The van der Waals surface area contributed by atoms with Crippen LogP contribution < -0.4 is 24.8 Å². The number of halogens is 2. The summed E-state index contributed by atoms with van der Waals surface area (Å²) in [5.74, 6) is 0.353. The number of benzene rings is 4. The molecule has 0 radical (unpaired) electrons. The molecule has 1 heterocycles. The van der Waals surface area contributed by atoms with Crippen LogP contribution in [-0.4, -0.2) is 3.21 Å². The van der Waals surface area contributed by atoms with Crippen LogP contribution in [0.25, 0.3) is 16.7 Å². The number of allylic oxidation sites excluding steroid dienone is 4. The maximum absolute atomic E-state index is 5.71.